The standard InChI is InChI=1S/C9H6N2O3/c12-5-6-4-7-8(10-6)2-1-3-9(7)11(13)14/h1-5,10H. The number of aromatic nitrogens is 1. The fourth-order valence-electron chi connectivity index (χ4n) is 1.38. The van der Waals surface area contributed by atoms with Crippen LogP contribution < -0.4 is 0 Å². The Labute approximate surface area is 78.5 Å². The lowest BCUT2D eigenvalue weighted by molar-refractivity contribution is -0.383. The molecule has 1 N–H and O–H groups in total. The maximum absolute atomic E-state index is 10.6. The second kappa shape index (κ2) is 2.95. The number of aldehydes is 1. The highest BCUT2D eigenvalue weighted by Crippen LogP contribution is 2.25. The van der Waals surface area contributed by atoms with Crippen molar-refractivity contribution in [3.63, 3.8) is 0 Å². The summed E-state index contributed by atoms with van der Waals surface area (Å²) in [6, 6.07) is 6.14. The van der Waals surface area contributed by atoms with E-state index in [9.17, 15) is 14.9 Å². The molecule has 0 bridgehead atoms. The van der Waals surface area contributed by atoms with E-state index in [0.29, 0.717) is 22.9 Å². The molecule has 2 rings (SSSR count). The average Bonchev–Trinajstić information content (AvgIpc) is 2.59. The molecule has 2 aromatic rings. The van der Waals surface area contributed by atoms with E-state index >= 15 is 0 Å². The first-order chi connectivity index (χ1) is 6.72. The molecular weight excluding hydrogens is 184 g/mol. The van der Waals surface area contributed by atoms with Crippen LogP contribution in [0.5, 0.6) is 0 Å². The fourth-order valence-corrected chi connectivity index (χ4v) is 1.38. The number of fused-ring (bicyclic) bond motifs is 1. The minimum absolute atomic E-state index is 0.00634. The summed E-state index contributed by atoms with van der Waals surface area (Å²) in [4.78, 5) is 23.4. The molecule has 1 aromatic heterocycles. The molecule has 5 heteroatoms. The third kappa shape index (κ3) is 1.15. The van der Waals surface area contributed by atoms with Gasteiger partial charge in [-0.25, -0.2) is 0 Å². The largest absolute Gasteiger partial charge is 0.352 e. The topological polar surface area (TPSA) is 76.0 Å². The molecular formula is C9H6N2O3. The van der Waals surface area contributed by atoms with Crippen LogP contribution in [0.25, 0.3) is 10.9 Å². The molecule has 0 fully saturated rings. The van der Waals surface area contributed by atoms with Gasteiger partial charge in [-0.05, 0) is 12.1 Å². The van der Waals surface area contributed by atoms with Gasteiger partial charge >= 0.3 is 0 Å². The Bertz CT molecular complexity index is 516. The average molecular weight is 190 g/mol. The van der Waals surface area contributed by atoms with Crippen LogP contribution in [0.3, 0.4) is 0 Å². The Morgan fingerprint density at radius 2 is 2.21 bits per heavy atom. The van der Waals surface area contributed by atoms with Gasteiger partial charge < -0.3 is 4.98 Å². The number of hydrogen-bond donors (Lipinski definition) is 1. The highest BCUT2D eigenvalue weighted by atomic mass is 16.6. The Hall–Kier alpha value is -2.17. The number of carbonyl (C=O) groups is 1. The van der Waals surface area contributed by atoms with Crippen LogP contribution in [0.15, 0.2) is 24.3 Å². The minimum atomic E-state index is -0.468. The first kappa shape index (κ1) is 8.43. The molecule has 0 radical (unpaired) electrons. The number of carbonyl (C=O) groups excluding carboxylic acids is 1. The lowest BCUT2D eigenvalue weighted by Gasteiger charge is -1.91. The molecule has 0 amide bonds. The zero-order valence-electron chi connectivity index (χ0n) is 7.06. The number of benzene rings is 1. The maximum atomic E-state index is 10.6. The van der Waals surface area contributed by atoms with E-state index in [4.69, 9.17) is 0 Å². The molecule has 0 aliphatic rings. The zero-order valence-corrected chi connectivity index (χ0v) is 7.06. The van der Waals surface area contributed by atoms with Gasteiger partial charge in [-0.3, -0.25) is 14.9 Å². The molecule has 0 atom stereocenters. The maximum Gasteiger partial charge on any atom is 0.278 e. The summed E-state index contributed by atoms with van der Waals surface area (Å²) in [5.41, 5.74) is 0.947. The van der Waals surface area contributed by atoms with Gasteiger partial charge in [0, 0.05) is 6.07 Å². The van der Waals surface area contributed by atoms with E-state index in [2.05, 4.69) is 4.98 Å². The molecule has 0 spiro atoms. The van der Waals surface area contributed by atoms with Crippen molar-refractivity contribution < 1.29 is 9.72 Å². The fraction of sp³-hybridized carbons (Fsp3) is 0. The molecule has 0 saturated carbocycles. The van der Waals surface area contributed by atoms with E-state index in [1.807, 2.05) is 0 Å². The summed E-state index contributed by atoms with van der Waals surface area (Å²) in [6.45, 7) is 0. The molecule has 1 heterocycles. The lowest BCUT2D eigenvalue weighted by atomic mass is 10.2. The van der Waals surface area contributed by atoms with Gasteiger partial charge in [0.15, 0.2) is 6.29 Å². The number of nitrogens with zero attached hydrogens (tertiary/aromatic N) is 1. The Balaban J connectivity index is 2.79. The van der Waals surface area contributed by atoms with Crippen molar-refractivity contribution in [2.45, 2.75) is 0 Å². The number of H-pyrrole nitrogens is 1. The summed E-state index contributed by atoms with van der Waals surface area (Å²) < 4.78 is 0. The molecule has 1 aromatic carbocycles. The Morgan fingerprint density at radius 3 is 2.86 bits per heavy atom. The van der Waals surface area contributed by atoms with E-state index < -0.39 is 4.92 Å². The molecule has 0 aliphatic heterocycles. The van der Waals surface area contributed by atoms with Crippen molar-refractivity contribution in [1.29, 1.82) is 0 Å². The van der Waals surface area contributed by atoms with Crippen LogP contribution in [0.1, 0.15) is 10.5 Å². The number of nitrogens with one attached hydrogen (secondary N) is 1. The van der Waals surface area contributed by atoms with Crippen molar-refractivity contribution in [3.05, 3.63) is 40.1 Å². The Morgan fingerprint density at radius 1 is 1.43 bits per heavy atom. The number of non-ortho nitro benzene ring substituents is 1. The third-order valence-corrected chi connectivity index (χ3v) is 1.99. The van der Waals surface area contributed by atoms with Crippen molar-refractivity contribution in [2.24, 2.45) is 0 Å². The van der Waals surface area contributed by atoms with Gasteiger partial charge in [-0.2, -0.15) is 0 Å². The van der Waals surface area contributed by atoms with Gasteiger partial charge in [0.25, 0.3) is 5.69 Å². The summed E-state index contributed by atoms with van der Waals surface area (Å²) in [5, 5.41) is 11.1. The van der Waals surface area contributed by atoms with E-state index in [1.54, 1.807) is 12.1 Å². The summed E-state index contributed by atoms with van der Waals surface area (Å²) in [5.74, 6) is 0. The van der Waals surface area contributed by atoms with E-state index in [1.165, 1.54) is 12.1 Å². The van der Waals surface area contributed by atoms with Crippen molar-refractivity contribution >= 4 is 22.9 Å². The molecule has 14 heavy (non-hydrogen) atoms. The van der Waals surface area contributed by atoms with Gasteiger partial charge in [0.1, 0.15) is 0 Å². The van der Waals surface area contributed by atoms with Crippen LogP contribution in [-0.2, 0) is 0 Å². The summed E-state index contributed by atoms with van der Waals surface area (Å²) in [7, 11) is 0. The van der Waals surface area contributed by atoms with Crippen LogP contribution in [0, 0.1) is 10.1 Å². The Kier molecular flexibility index (Phi) is 1.78. The highest BCUT2D eigenvalue weighted by molar-refractivity contribution is 5.93. The predicted octanol–water partition coefficient (Wildman–Crippen LogP) is 1.89. The third-order valence-electron chi connectivity index (χ3n) is 1.99. The van der Waals surface area contributed by atoms with Crippen LogP contribution in [0.2, 0.25) is 0 Å². The van der Waals surface area contributed by atoms with Crippen LogP contribution in [0.4, 0.5) is 5.69 Å². The first-order valence-corrected chi connectivity index (χ1v) is 3.93. The second-order valence-electron chi connectivity index (χ2n) is 2.84. The molecule has 0 saturated heterocycles. The smallest absolute Gasteiger partial charge is 0.278 e. The van der Waals surface area contributed by atoms with Crippen molar-refractivity contribution in [1.82, 2.24) is 4.98 Å². The number of nitro benzene ring substituents is 1. The van der Waals surface area contributed by atoms with Crippen LogP contribution in [-0.4, -0.2) is 16.2 Å². The van der Waals surface area contributed by atoms with Crippen molar-refractivity contribution in [3.8, 4) is 0 Å². The summed E-state index contributed by atoms with van der Waals surface area (Å²) in [6.07, 6.45) is 0.629. The second-order valence-corrected chi connectivity index (χ2v) is 2.84. The van der Waals surface area contributed by atoms with Gasteiger partial charge in [0.05, 0.1) is 21.5 Å². The van der Waals surface area contributed by atoms with E-state index in [0.717, 1.165) is 0 Å². The number of hydrogen-bond acceptors (Lipinski definition) is 3. The molecule has 70 valence electrons. The minimum Gasteiger partial charge on any atom is -0.352 e. The predicted molar refractivity (Wildman–Crippen MR) is 50.3 cm³/mol. The van der Waals surface area contributed by atoms with Gasteiger partial charge in [0.2, 0.25) is 0 Å². The van der Waals surface area contributed by atoms with Gasteiger partial charge in [-0.15, -0.1) is 0 Å². The highest BCUT2D eigenvalue weighted by Gasteiger charge is 2.12. The summed E-state index contributed by atoms with van der Waals surface area (Å²) >= 11 is 0. The molecule has 5 nitrogen and oxygen atoms in total. The monoisotopic (exact) mass is 190 g/mol. The van der Waals surface area contributed by atoms with Crippen molar-refractivity contribution in [2.75, 3.05) is 0 Å². The number of nitro groups is 1. The first-order valence-electron chi connectivity index (χ1n) is 3.93. The molecule has 0 aliphatic carbocycles. The number of aromatic amines is 1. The quantitative estimate of drug-likeness (QED) is 0.446. The zero-order chi connectivity index (χ0) is 10.1. The van der Waals surface area contributed by atoms with Gasteiger partial charge in [-0.1, -0.05) is 6.07 Å². The van der Waals surface area contributed by atoms with Crippen LogP contribution >= 0.6 is 0 Å². The SMILES string of the molecule is O=Cc1cc2c([N+](=O)[O-])cccc2[nH]1. The normalized spacial score (nSPS) is 10.3. The number of rotatable bonds is 2. The molecule has 0 unspecified atom stereocenters. The van der Waals surface area contributed by atoms with E-state index in [-0.39, 0.29) is 5.69 Å². The lowest BCUT2D eigenvalue weighted by Crippen LogP contribution is -1.87.